The lowest BCUT2D eigenvalue weighted by Crippen LogP contribution is -2.61. The first-order valence-corrected chi connectivity index (χ1v) is 11.0. The van der Waals surface area contributed by atoms with Gasteiger partial charge in [0.15, 0.2) is 0 Å². The van der Waals surface area contributed by atoms with Crippen LogP contribution >= 0.6 is 0 Å². The van der Waals surface area contributed by atoms with Crippen molar-refractivity contribution < 1.29 is 0 Å². The molecule has 0 bridgehead atoms. The van der Waals surface area contributed by atoms with E-state index in [9.17, 15) is 0 Å². The van der Waals surface area contributed by atoms with Gasteiger partial charge in [0.1, 0.15) is 0 Å². The molecule has 1 N–H and O–H groups in total. The van der Waals surface area contributed by atoms with Gasteiger partial charge in [-0.2, -0.15) is 0 Å². The number of hydrogen-bond donors (Lipinski definition) is 1. The van der Waals surface area contributed by atoms with E-state index in [-0.39, 0.29) is 0 Å². The van der Waals surface area contributed by atoms with Crippen LogP contribution in [0, 0.1) is 11.8 Å². The highest BCUT2D eigenvalue weighted by atomic mass is 15.3. The van der Waals surface area contributed by atoms with E-state index in [1.54, 1.807) is 0 Å². The molecule has 0 radical (unpaired) electrons. The van der Waals surface area contributed by atoms with Crippen LogP contribution in [0.25, 0.3) is 0 Å². The summed E-state index contributed by atoms with van der Waals surface area (Å²) >= 11 is 0. The molecule has 3 heterocycles. The fourth-order valence-corrected chi connectivity index (χ4v) is 5.37. The summed E-state index contributed by atoms with van der Waals surface area (Å²) in [6, 6.07) is 0. The molecule has 3 fully saturated rings. The fraction of sp³-hybridized carbons (Fsp3) is 1.00. The first kappa shape index (κ1) is 20.5. The summed E-state index contributed by atoms with van der Waals surface area (Å²) in [6.45, 7) is 17.5. The van der Waals surface area contributed by atoms with Crippen molar-refractivity contribution in [2.75, 3.05) is 79.7 Å². The Labute approximate surface area is 162 Å². The Bertz CT molecular complexity index is 417. The summed E-state index contributed by atoms with van der Waals surface area (Å²) in [5.41, 5.74) is 0.314. The molecule has 3 aliphatic rings. The SMILES string of the molecule is CNCN1CCCC(CN2CCN(CC3CCN(C)CC3)CC2(C)C)C1. The van der Waals surface area contributed by atoms with Gasteiger partial charge in [0, 0.05) is 51.5 Å². The van der Waals surface area contributed by atoms with Crippen LogP contribution in [-0.2, 0) is 0 Å². The predicted molar refractivity (Wildman–Crippen MR) is 111 cm³/mol. The largest absolute Gasteiger partial charge is 0.307 e. The van der Waals surface area contributed by atoms with E-state index < -0.39 is 0 Å². The van der Waals surface area contributed by atoms with Crippen LogP contribution in [0.15, 0.2) is 0 Å². The molecule has 5 heteroatoms. The molecule has 3 rings (SSSR count). The number of likely N-dealkylation sites (tertiary alicyclic amines) is 2. The van der Waals surface area contributed by atoms with Crippen molar-refractivity contribution in [2.45, 2.75) is 45.1 Å². The van der Waals surface area contributed by atoms with Gasteiger partial charge in [-0.3, -0.25) is 14.7 Å². The van der Waals surface area contributed by atoms with Crippen LogP contribution in [0.4, 0.5) is 0 Å². The van der Waals surface area contributed by atoms with Crippen LogP contribution in [0.2, 0.25) is 0 Å². The number of nitrogens with zero attached hydrogens (tertiary/aromatic N) is 4. The summed E-state index contributed by atoms with van der Waals surface area (Å²) in [6.07, 6.45) is 5.55. The van der Waals surface area contributed by atoms with E-state index in [1.807, 2.05) is 0 Å². The number of nitrogens with one attached hydrogen (secondary N) is 1. The second-order valence-electron chi connectivity index (χ2n) is 9.84. The molecule has 5 nitrogen and oxygen atoms in total. The molecule has 1 atom stereocenters. The Morgan fingerprint density at radius 2 is 1.65 bits per heavy atom. The molecular formula is C21H43N5. The highest BCUT2D eigenvalue weighted by Crippen LogP contribution is 2.27. The van der Waals surface area contributed by atoms with Crippen molar-refractivity contribution in [3.8, 4) is 0 Å². The van der Waals surface area contributed by atoms with E-state index in [0.717, 1.165) is 18.5 Å². The normalized spacial score (nSPS) is 30.7. The van der Waals surface area contributed by atoms with Crippen molar-refractivity contribution in [1.29, 1.82) is 0 Å². The third-order valence-corrected chi connectivity index (χ3v) is 6.97. The second kappa shape index (κ2) is 9.33. The molecule has 0 aliphatic carbocycles. The van der Waals surface area contributed by atoms with Crippen molar-refractivity contribution in [3.63, 3.8) is 0 Å². The lowest BCUT2D eigenvalue weighted by atomic mass is 9.91. The lowest BCUT2D eigenvalue weighted by Gasteiger charge is -2.50. The van der Waals surface area contributed by atoms with Gasteiger partial charge in [0.05, 0.1) is 0 Å². The minimum absolute atomic E-state index is 0.314. The van der Waals surface area contributed by atoms with E-state index in [1.165, 1.54) is 84.6 Å². The Hall–Kier alpha value is -0.200. The van der Waals surface area contributed by atoms with Crippen LogP contribution in [0.3, 0.4) is 0 Å². The average Bonchev–Trinajstić information content (AvgIpc) is 2.60. The third kappa shape index (κ3) is 5.65. The zero-order valence-electron chi connectivity index (χ0n) is 17.8. The molecule has 26 heavy (non-hydrogen) atoms. The van der Waals surface area contributed by atoms with Crippen molar-refractivity contribution in [3.05, 3.63) is 0 Å². The van der Waals surface area contributed by atoms with E-state index in [4.69, 9.17) is 0 Å². The number of hydrogen-bond acceptors (Lipinski definition) is 5. The zero-order valence-corrected chi connectivity index (χ0v) is 17.8. The van der Waals surface area contributed by atoms with Crippen LogP contribution in [-0.4, -0.2) is 105 Å². The smallest absolute Gasteiger partial charge is 0.0478 e. The molecule has 0 aromatic rings. The van der Waals surface area contributed by atoms with Gasteiger partial charge < -0.3 is 10.2 Å². The zero-order chi connectivity index (χ0) is 18.6. The Morgan fingerprint density at radius 1 is 0.885 bits per heavy atom. The number of piperazine rings is 1. The standard InChI is InChI=1S/C21H43N5/c1-21(2)17-24(14-19-7-10-23(4)11-8-19)12-13-26(21)16-20-6-5-9-25(15-20)18-22-3/h19-20,22H,5-18H2,1-4H3. The Balaban J connectivity index is 1.46. The molecule has 152 valence electrons. The van der Waals surface area contributed by atoms with E-state index >= 15 is 0 Å². The predicted octanol–water partition coefficient (Wildman–Crippen LogP) is 1.61. The molecule has 0 spiro atoms. The maximum Gasteiger partial charge on any atom is 0.0478 e. The number of piperidine rings is 2. The maximum atomic E-state index is 3.33. The van der Waals surface area contributed by atoms with Gasteiger partial charge in [0.2, 0.25) is 0 Å². The Kier molecular flexibility index (Phi) is 7.37. The number of rotatable bonds is 6. The quantitative estimate of drug-likeness (QED) is 0.771. The van der Waals surface area contributed by atoms with Crippen molar-refractivity contribution in [1.82, 2.24) is 24.9 Å². The second-order valence-corrected chi connectivity index (χ2v) is 9.84. The monoisotopic (exact) mass is 365 g/mol. The minimum Gasteiger partial charge on any atom is -0.307 e. The molecule has 1 unspecified atom stereocenters. The average molecular weight is 366 g/mol. The van der Waals surface area contributed by atoms with Crippen LogP contribution < -0.4 is 5.32 Å². The summed E-state index contributed by atoms with van der Waals surface area (Å²) in [5, 5.41) is 3.33. The van der Waals surface area contributed by atoms with Crippen LogP contribution in [0.5, 0.6) is 0 Å². The molecule has 3 saturated heterocycles. The molecular weight excluding hydrogens is 322 g/mol. The third-order valence-electron chi connectivity index (χ3n) is 6.97. The molecule has 0 amide bonds. The first-order valence-electron chi connectivity index (χ1n) is 11.0. The van der Waals surface area contributed by atoms with Crippen LogP contribution in [0.1, 0.15) is 39.5 Å². The first-order chi connectivity index (χ1) is 12.5. The fourth-order valence-electron chi connectivity index (χ4n) is 5.37. The van der Waals surface area contributed by atoms with Gasteiger partial charge in [-0.1, -0.05) is 0 Å². The van der Waals surface area contributed by atoms with Gasteiger partial charge in [-0.15, -0.1) is 0 Å². The molecule has 0 aromatic heterocycles. The highest BCUT2D eigenvalue weighted by molar-refractivity contribution is 4.92. The highest BCUT2D eigenvalue weighted by Gasteiger charge is 2.36. The van der Waals surface area contributed by atoms with Gasteiger partial charge in [-0.25, -0.2) is 0 Å². The van der Waals surface area contributed by atoms with E-state index in [2.05, 4.69) is 52.9 Å². The van der Waals surface area contributed by atoms with Crippen molar-refractivity contribution >= 4 is 0 Å². The summed E-state index contributed by atoms with van der Waals surface area (Å²) in [5.74, 6) is 1.76. The topological polar surface area (TPSA) is 25.0 Å². The maximum absolute atomic E-state index is 3.33. The summed E-state index contributed by atoms with van der Waals surface area (Å²) < 4.78 is 0. The van der Waals surface area contributed by atoms with E-state index in [0.29, 0.717) is 5.54 Å². The Morgan fingerprint density at radius 3 is 2.35 bits per heavy atom. The summed E-state index contributed by atoms with van der Waals surface area (Å²) in [4.78, 5) is 10.6. The van der Waals surface area contributed by atoms with Gasteiger partial charge in [-0.05, 0) is 85.1 Å². The summed E-state index contributed by atoms with van der Waals surface area (Å²) in [7, 11) is 4.33. The van der Waals surface area contributed by atoms with Gasteiger partial charge in [0.25, 0.3) is 0 Å². The van der Waals surface area contributed by atoms with Crippen molar-refractivity contribution in [2.24, 2.45) is 11.8 Å². The molecule has 0 saturated carbocycles. The van der Waals surface area contributed by atoms with Gasteiger partial charge >= 0.3 is 0 Å². The minimum atomic E-state index is 0.314. The molecule has 3 aliphatic heterocycles. The molecule has 0 aromatic carbocycles. The lowest BCUT2D eigenvalue weighted by molar-refractivity contribution is -0.00837.